The lowest BCUT2D eigenvalue weighted by Crippen LogP contribution is -2.28. The topological polar surface area (TPSA) is 54.0 Å². The smallest absolute Gasteiger partial charge is 0.319 e. The maximum absolute atomic E-state index is 11.8. The number of hydrogen-bond donors (Lipinski definition) is 2. The van der Waals surface area contributed by atoms with Gasteiger partial charge in [-0.15, -0.1) is 11.3 Å². The second kappa shape index (κ2) is 5.84. The summed E-state index contributed by atoms with van der Waals surface area (Å²) in [5.41, 5.74) is 3.02. The molecule has 19 heavy (non-hydrogen) atoms. The number of nitrogens with one attached hydrogen (secondary N) is 2. The van der Waals surface area contributed by atoms with Crippen molar-refractivity contribution < 1.29 is 4.79 Å². The van der Waals surface area contributed by atoms with Crippen LogP contribution in [-0.2, 0) is 6.54 Å². The van der Waals surface area contributed by atoms with Crippen molar-refractivity contribution in [3.63, 3.8) is 0 Å². The highest BCUT2D eigenvalue weighted by atomic mass is 32.1. The summed E-state index contributed by atoms with van der Waals surface area (Å²) in [4.78, 5) is 17.0. The van der Waals surface area contributed by atoms with Crippen molar-refractivity contribution in [2.45, 2.75) is 27.3 Å². The fraction of sp³-hybridized carbons (Fsp3) is 0.286. The van der Waals surface area contributed by atoms with Gasteiger partial charge in [0.2, 0.25) is 0 Å². The molecular weight excluding hydrogens is 258 g/mol. The highest BCUT2D eigenvalue weighted by molar-refractivity contribution is 7.11. The van der Waals surface area contributed by atoms with Gasteiger partial charge in [0.15, 0.2) is 0 Å². The van der Waals surface area contributed by atoms with Crippen molar-refractivity contribution in [3.8, 4) is 0 Å². The Balaban J connectivity index is 1.92. The zero-order valence-electron chi connectivity index (χ0n) is 11.3. The molecular formula is C14H17N3OS. The molecule has 100 valence electrons. The average Bonchev–Trinajstić information content (AvgIpc) is 2.77. The largest absolute Gasteiger partial charge is 0.333 e. The van der Waals surface area contributed by atoms with Crippen molar-refractivity contribution in [3.05, 3.63) is 45.4 Å². The van der Waals surface area contributed by atoms with Gasteiger partial charge in [-0.25, -0.2) is 9.78 Å². The minimum absolute atomic E-state index is 0.195. The maximum atomic E-state index is 11.8. The fourth-order valence-corrected chi connectivity index (χ4v) is 2.43. The van der Waals surface area contributed by atoms with Crippen molar-refractivity contribution in [1.82, 2.24) is 10.3 Å². The number of carbonyl (C=O) groups is 1. The van der Waals surface area contributed by atoms with Crippen LogP contribution in [0.3, 0.4) is 0 Å². The predicted octanol–water partition coefficient (Wildman–Crippen LogP) is 3.39. The van der Waals surface area contributed by atoms with E-state index in [1.54, 1.807) is 17.5 Å². The molecule has 0 spiro atoms. The normalized spacial score (nSPS) is 10.3. The van der Waals surface area contributed by atoms with Gasteiger partial charge in [-0.3, -0.25) is 0 Å². The second-order valence-electron chi connectivity index (χ2n) is 4.47. The van der Waals surface area contributed by atoms with Gasteiger partial charge in [0.05, 0.1) is 11.6 Å². The van der Waals surface area contributed by atoms with Crippen LogP contribution in [0.2, 0.25) is 0 Å². The van der Waals surface area contributed by atoms with Crippen LogP contribution in [0, 0.1) is 20.8 Å². The summed E-state index contributed by atoms with van der Waals surface area (Å²) < 4.78 is 0. The van der Waals surface area contributed by atoms with E-state index < -0.39 is 0 Å². The fourth-order valence-electron chi connectivity index (χ4n) is 1.69. The third kappa shape index (κ3) is 3.79. The highest BCUT2D eigenvalue weighted by Crippen LogP contribution is 2.16. The molecule has 4 nitrogen and oxygen atoms in total. The predicted molar refractivity (Wildman–Crippen MR) is 78.6 cm³/mol. The summed E-state index contributed by atoms with van der Waals surface area (Å²) in [6, 6.07) is 5.79. The Morgan fingerprint density at radius 2 is 2.11 bits per heavy atom. The summed E-state index contributed by atoms with van der Waals surface area (Å²) in [5.74, 6) is 0. The lowest BCUT2D eigenvalue weighted by Gasteiger charge is -2.10. The number of carbonyl (C=O) groups excluding carboxylic acids is 1. The van der Waals surface area contributed by atoms with Crippen molar-refractivity contribution in [2.24, 2.45) is 0 Å². The molecule has 2 rings (SSSR count). The van der Waals surface area contributed by atoms with Crippen LogP contribution in [-0.4, -0.2) is 11.0 Å². The third-order valence-electron chi connectivity index (χ3n) is 2.73. The van der Waals surface area contributed by atoms with Gasteiger partial charge in [-0.1, -0.05) is 12.1 Å². The van der Waals surface area contributed by atoms with Gasteiger partial charge in [0, 0.05) is 16.8 Å². The van der Waals surface area contributed by atoms with Gasteiger partial charge in [0.25, 0.3) is 0 Å². The molecule has 0 radical (unpaired) electrons. The highest BCUT2D eigenvalue weighted by Gasteiger charge is 2.05. The van der Waals surface area contributed by atoms with E-state index in [1.165, 1.54) is 0 Å². The van der Waals surface area contributed by atoms with E-state index in [0.29, 0.717) is 6.54 Å². The van der Waals surface area contributed by atoms with Crippen LogP contribution in [0.1, 0.15) is 21.0 Å². The molecule has 2 amide bonds. The van der Waals surface area contributed by atoms with E-state index in [-0.39, 0.29) is 6.03 Å². The molecule has 0 saturated heterocycles. The van der Waals surface area contributed by atoms with E-state index >= 15 is 0 Å². The Morgan fingerprint density at radius 1 is 1.32 bits per heavy atom. The number of thiazole rings is 1. The number of nitrogens with zero attached hydrogens (tertiary/aromatic N) is 1. The molecule has 2 aromatic rings. The van der Waals surface area contributed by atoms with Crippen LogP contribution in [0.15, 0.2) is 24.4 Å². The first-order chi connectivity index (χ1) is 9.04. The first-order valence-corrected chi connectivity index (χ1v) is 6.89. The van der Waals surface area contributed by atoms with Gasteiger partial charge >= 0.3 is 6.03 Å². The molecule has 0 aliphatic rings. The summed E-state index contributed by atoms with van der Waals surface area (Å²) in [7, 11) is 0. The molecule has 1 aromatic carbocycles. The lowest BCUT2D eigenvalue weighted by atomic mass is 10.1. The molecule has 0 fully saturated rings. The zero-order chi connectivity index (χ0) is 13.8. The van der Waals surface area contributed by atoms with Crippen molar-refractivity contribution >= 4 is 23.1 Å². The van der Waals surface area contributed by atoms with Crippen LogP contribution in [0.5, 0.6) is 0 Å². The van der Waals surface area contributed by atoms with Crippen LogP contribution in [0.25, 0.3) is 0 Å². The number of amides is 2. The summed E-state index contributed by atoms with van der Waals surface area (Å²) in [6.45, 7) is 6.43. The third-order valence-corrected chi connectivity index (χ3v) is 3.65. The van der Waals surface area contributed by atoms with E-state index in [2.05, 4.69) is 15.6 Å². The summed E-state index contributed by atoms with van der Waals surface area (Å²) >= 11 is 1.59. The molecule has 0 aliphatic carbocycles. The van der Waals surface area contributed by atoms with E-state index in [4.69, 9.17) is 0 Å². The monoisotopic (exact) mass is 275 g/mol. The van der Waals surface area contributed by atoms with Gasteiger partial charge < -0.3 is 10.6 Å². The molecule has 0 atom stereocenters. The average molecular weight is 275 g/mol. The minimum atomic E-state index is -0.195. The SMILES string of the molecule is Cc1ccc(C)c(NC(=O)NCc2cnc(C)s2)c1. The lowest BCUT2D eigenvalue weighted by molar-refractivity contribution is 0.252. The molecule has 0 bridgehead atoms. The minimum Gasteiger partial charge on any atom is -0.333 e. The Hall–Kier alpha value is -1.88. The first-order valence-electron chi connectivity index (χ1n) is 6.08. The summed E-state index contributed by atoms with van der Waals surface area (Å²) in [6.07, 6.45) is 1.79. The second-order valence-corrected chi connectivity index (χ2v) is 5.79. The molecule has 0 saturated carbocycles. The number of aromatic nitrogens is 1. The van der Waals surface area contributed by atoms with Crippen LogP contribution < -0.4 is 10.6 Å². The van der Waals surface area contributed by atoms with E-state index in [9.17, 15) is 4.79 Å². The van der Waals surface area contributed by atoms with Crippen molar-refractivity contribution in [1.29, 1.82) is 0 Å². The standard InChI is InChI=1S/C14H17N3OS/c1-9-4-5-10(2)13(6-9)17-14(18)16-8-12-7-15-11(3)19-12/h4-7H,8H2,1-3H3,(H2,16,17,18). The Labute approximate surface area is 116 Å². The Kier molecular flexibility index (Phi) is 4.16. The molecule has 1 heterocycles. The Morgan fingerprint density at radius 3 is 2.79 bits per heavy atom. The van der Waals surface area contributed by atoms with Crippen LogP contribution >= 0.6 is 11.3 Å². The van der Waals surface area contributed by atoms with Gasteiger partial charge in [0.1, 0.15) is 0 Å². The molecule has 2 N–H and O–H groups in total. The Bertz CT molecular complexity index is 592. The molecule has 0 aliphatic heterocycles. The molecule has 5 heteroatoms. The number of hydrogen-bond acceptors (Lipinski definition) is 3. The molecule has 0 unspecified atom stereocenters. The number of benzene rings is 1. The first kappa shape index (κ1) is 13.5. The summed E-state index contributed by atoms with van der Waals surface area (Å²) in [5, 5.41) is 6.70. The number of anilines is 1. The zero-order valence-corrected chi connectivity index (χ0v) is 12.1. The van der Waals surface area contributed by atoms with Crippen LogP contribution in [0.4, 0.5) is 10.5 Å². The van der Waals surface area contributed by atoms with E-state index in [1.807, 2.05) is 39.0 Å². The van der Waals surface area contributed by atoms with Gasteiger partial charge in [-0.2, -0.15) is 0 Å². The molecule has 1 aromatic heterocycles. The van der Waals surface area contributed by atoms with Gasteiger partial charge in [-0.05, 0) is 38.0 Å². The number of urea groups is 1. The quantitative estimate of drug-likeness (QED) is 0.902. The number of rotatable bonds is 3. The van der Waals surface area contributed by atoms with Crippen molar-refractivity contribution in [2.75, 3.05) is 5.32 Å². The number of aryl methyl sites for hydroxylation is 3. The van der Waals surface area contributed by atoms with E-state index in [0.717, 1.165) is 26.7 Å². The maximum Gasteiger partial charge on any atom is 0.319 e.